The Morgan fingerprint density at radius 1 is 1.21 bits per heavy atom. The van der Waals surface area contributed by atoms with Crippen LogP contribution in [0.25, 0.3) is 0 Å². The summed E-state index contributed by atoms with van der Waals surface area (Å²) >= 11 is 1.44. The van der Waals surface area contributed by atoms with Gasteiger partial charge < -0.3 is 19.3 Å². The summed E-state index contributed by atoms with van der Waals surface area (Å²) in [7, 11) is 0. The van der Waals surface area contributed by atoms with Gasteiger partial charge in [0.2, 0.25) is 5.91 Å². The van der Waals surface area contributed by atoms with Gasteiger partial charge in [-0.25, -0.2) is 9.79 Å². The second-order valence-corrected chi connectivity index (χ2v) is 11.0. The largest absolute Gasteiger partial charge is 0.466 e. The summed E-state index contributed by atoms with van der Waals surface area (Å²) in [6.07, 6.45) is 3.15. The molecule has 1 fully saturated rings. The number of hydrogen-bond donors (Lipinski definition) is 0. The van der Waals surface area contributed by atoms with Gasteiger partial charge in [0.1, 0.15) is 6.61 Å². The summed E-state index contributed by atoms with van der Waals surface area (Å²) in [4.78, 5) is 47.5. The first-order valence-corrected chi connectivity index (χ1v) is 14.4. The van der Waals surface area contributed by atoms with Gasteiger partial charge in [0.05, 0.1) is 36.3 Å². The van der Waals surface area contributed by atoms with Gasteiger partial charge in [-0.3, -0.25) is 9.59 Å². The molecule has 0 saturated carbocycles. The SMILES string of the molecule is C=CCOC(=O)C1=C(C)N=C2SC=C(CC(=O)N3CCC[C@@H](C(=O)OCC)C3)N2[C@@H]1c1ccc(C(C)C)cc1. The molecule has 0 aliphatic carbocycles. The number of carbonyl (C=O) groups is 3. The summed E-state index contributed by atoms with van der Waals surface area (Å²) in [5, 5.41) is 2.65. The van der Waals surface area contributed by atoms with E-state index in [1.807, 2.05) is 29.4 Å². The van der Waals surface area contributed by atoms with Gasteiger partial charge in [-0.15, -0.1) is 0 Å². The highest BCUT2D eigenvalue weighted by atomic mass is 32.2. The van der Waals surface area contributed by atoms with Gasteiger partial charge >= 0.3 is 11.9 Å². The molecule has 1 amide bonds. The Morgan fingerprint density at radius 2 is 1.95 bits per heavy atom. The third kappa shape index (κ3) is 6.30. The predicted octanol–water partition coefficient (Wildman–Crippen LogP) is 5.31. The van der Waals surface area contributed by atoms with E-state index in [1.165, 1.54) is 23.4 Å². The number of nitrogens with zero attached hydrogens (tertiary/aromatic N) is 3. The van der Waals surface area contributed by atoms with Gasteiger partial charge in [0, 0.05) is 18.8 Å². The molecule has 0 unspecified atom stereocenters. The van der Waals surface area contributed by atoms with Gasteiger partial charge in [0.15, 0.2) is 5.17 Å². The fourth-order valence-electron chi connectivity index (χ4n) is 5.14. The van der Waals surface area contributed by atoms with Crippen molar-refractivity contribution in [2.24, 2.45) is 10.9 Å². The normalized spacial score (nSPS) is 20.8. The quantitative estimate of drug-likeness (QED) is 0.304. The Kier molecular flexibility index (Phi) is 9.32. The van der Waals surface area contributed by atoms with Crippen molar-refractivity contribution in [2.45, 2.75) is 58.9 Å². The zero-order valence-electron chi connectivity index (χ0n) is 23.1. The maximum atomic E-state index is 13.5. The molecule has 3 aliphatic heterocycles. The molecule has 9 heteroatoms. The van der Waals surface area contributed by atoms with Gasteiger partial charge in [-0.1, -0.05) is 62.5 Å². The first-order chi connectivity index (χ1) is 18.7. The summed E-state index contributed by atoms with van der Waals surface area (Å²) in [5.74, 6) is -0.692. The van der Waals surface area contributed by atoms with Crippen molar-refractivity contribution in [2.75, 3.05) is 26.3 Å². The maximum Gasteiger partial charge on any atom is 0.338 e. The van der Waals surface area contributed by atoms with Crippen LogP contribution in [0, 0.1) is 5.92 Å². The second-order valence-electron chi connectivity index (χ2n) is 10.2. The average molecular weight is 552 g/mol. The lowest BCUT2D eigenvalue weighted by Crippen LogP contribution is -2.44. The Morgan fingerprint density at radius 3 is 2.62 bits per heavy atom. The lowest BCUT2D eigenvalue weighted by Gasteiger charge is -2.37. The molecule has 0 spiro atoms. The third-order valence-electron chi connectivity index (χ3n) is 7.20. The minimum atomic E-state index is -0.487. The molecule has 2 atom stereocenters. The van der Waals surface area contributed by atoms with E-state index in [4.69, 9.17) is 14.5 Å². The minimum absolute atomic E-state index is 0.0620. The number of amidine groups is 1. The van der Waals surface area contributed by atoms with Crippen LogP contribution in [0.3, 0.4) is 0 Å². The standard InChI is InChI=1S/C30H37N3O5S/c1-6-15-38-29(36)26-20(5)31-30-33(27(26)22-12-10-21(11-13-22)19(3)4)24(18-39-30)16-25(34)32-14-8-9-23(17-32)28(35)37-7-2/h6,10-13,18-19,23,27H,1,7-9,14-17H2,2-5H3/t23-,27-/m1/s1. The topological polar surface area (TPSA) is 88.5 Å². The number of hydrogen-bond acceptors (Lipinski definition) is 8. The Bertz CT molecular complexity index is 1220. The van der Waals surface area contributed by atoms with Crippen LogP contribution in [-0.2, 0) is 23.9 Å². The highest BCUT2D eigenvalue weighted by molar-refractivity contribution is 8.16. The minimum Gasteiger partial charge on any atom is -0.466 e. The molecule has 3 aliphatic rings. The molecule has 0 aromatic heterocycles. The summed E-state index contributed by atoms with van der Waals surface area (Å²) in [5.41, 5.74) is 3.91. The molecule has 1 aromatic carbocycles. The maximum absolute atomic E-state index is 13.5. The molecule has 39 heavy (non-hydrogen) atoms. The van der Waals surface area contributed by atoms with Gasteiger partial charge in [0.25, 0.3) is 0 Å². The number of carbonyl (C=O) groups excluding carboxylic acids is 3. The van der Waals surface area contributed by atoms with Crippen molar-refractivity contribution >= 4 is 34.8 Å². The lowest BCUT2D eigenvalue weighted by atomic mass is 9.91. The van der Waals surface area contributed by atoms with Crippen molar-refractivity contribution in [3.05, 3.63) is 70.4 Å². The van der Waals surface area contributed by atoms with Crippen LogP contribution < -0.4 is 0 Å². The zero-order valence-corrected chi connectivity index (χ0v) is 24.0. The molecular formula is C30H37N3O5S. The van der Waals surface area contributed by atoms with E-state index < -0.39 is 12.0 Å². The van der Waals surface area contributed by atoms with E-state index in [1.54, 1.807) is 11.8 Å². The predicted molar refractivity (Wildman–Crippen MR) is 153 cm³/mol. The smallest absolute Gasteiger partial charge is 0.338 e. The van der Waals surface area contributed by atoms with Gasteiger partial charge in [-0.2, -0.15) is 0 Å². The number of likely N-dealkylation sites (tertiary alicyclic amines) is 1. The second kappa shape index (κ2) is 12.7. The fourth-order valence-corrected chi connectivity index (χ4v) is 6.11. The fraction of sp³-hybridized carbons (Fsp3) is 0.467. The van der Waals surface area contributed by atoms with Crippen molar-refractivity contribution in [3.8, 4) is 0 Å². The van der Waals surface area contributed by atoms with Crippen LogP contribution in [0.5, 0.6) is 0 Å². The molecule has 208 valence electrons. The molecule has 8 nitrogen and oxygen atoms in total. The monoisotopic (exact) mass is 551 g/mol. The molecule has 4 rings (SSSR count). The molecular weight excluding hydrogens is 514 g/mol. The van der Waals surface area contributed by atoms with Crippen molar-refractivity contribution < 1.29 is 23.9 Å². The highest BCUT2D eigenvalue weighted by Crippen LogP contribution is 2.45. The Hall–Kier alpha value is -3.33. The summed E-state index contributed by atoms with van der Waals surface area (Å²) in [6, 6.07) is 7.74. The zero-order chi connectivity index (χ0) is 28.1. The summed E-state index contributed by atoms with van der Waals surface area (Å²) in [6.45, 7) is 12.9. The van der Waals surface area contributed by atoms with Crippen LogP contribution in [0.15, 0.2) is 64.3 Å². The van der Waals surface area contributed by atoms with Crippen molar-refractivity contribution in [1.29, 1.82) is 0 Å². The number of aliphatic imine (C=N–C) groups is 1. The number of allylic oxidation sites excluding steroid dienone is 1. The number of piperidine rings is 1. The lowest BCUT2D eigenvalue weighted by molar-refractivity contribution is -0.151. The average Bonchev–Trinajstić information content (AvgIpc) is 3.32. The van der Waals surface area contributed by atoms with Crippen LogP contribution in [-0.4, -0.2) is 59.1 Å². The van der Waals surface area contributed by atoms with E-state index >= 15 is 0 Å². The number of benzene rings is 1. The Labute approximate surface area is 234 Å². The van der Waals surface area contributed by atoms with Crippen molar-refractivity contribution in [3.63, 3.8) is 0 Å². The molecule has 0 radical (unpaired) electrons. The van der Waals surface area contributed by atoms with E-state index in [0.717, 1.165) is 29.3 Å². The number of thioether (sulfide) groups is 1. The number of esters is 2. The van der Waals surface area contributed by atoms with Crippen LogP contribution in [0.2, 0.25) is 0 Å². The number of amides is 1. The molecule has 3 heterocycles. The molecule has 0 bridgehead atoms. The Balaban J connectivity index is 1.62. The van der Waals surface area contributed by atoms with Crippen LogP contribution in [0.4, 0.5) is 0 Å². The van der Waals surface area contributed by atoms with E-state index in [9.17, 15) is 14.4 Å². The molecule has 1 aromatic rings. The van der Waals surface area contributed by atoms with E-state index in [0.29, 0.717) is 36.9 Å². The van der Waals surface area contributed by atoms with Gasteiger partial charge in [-0.05, 0) is 49.1 Å². The number of fused-ring (bicyclic) bond motifs is 1. The van der Waals surface area contributed by atoms with Crippen LogP contribution >= 0.6 is 11.8 Å². The van der Waals surface area contributed by atoms with Crippen molar-refractivity contribution in [1.82, 2.24) is 9.80 Å². The summed E-state index contributed by atoms with van der Waals surface area (Å²) < 4.78 is 10.7. The first kappa shape index (κ1) is 28.7. The highest BCUT2D eigenvalue weighted by Gasteiger charge is 2.41. The van der Waals surface area contributed by atoms with Crippen LogP contribution in [0.1, 0.15) is 70.0 Å². The molecule has 0 N–H and O–H groups in total. The number of ether oxygens (including phenoxy) is 2. The number of rotatable bonds is 9. The van der Waals surface area contributed by atoms with E-state index in [2.05, 4.69) is 32.6 Å². The van der Waals surface area contributed by atoms with E-state index in [-0.39, 0.29) is 30.8 Å². The molecule has 1 saturated heterocycles. The first-order valence-electron chi connectivity index (χ1n) is 13.5. The third-order valence-corrected chi connectivity index (χ3v) is 8.09.